The van der Waals surface area contributed by atoms with Gasteiger partial charge in [-0.3, -0.25) is 19.7 Å². The van der Waals surface area contributed by atoms with Crippen LogP contribution in [0.3, 0.4) is 0 Å². The van der Waals surface area contributed by atoms with Crippen molar-refractivity contribution in [3.63, 3.8) is 0 Å². The normalized spacial score (nSPS) is 17.7. The van der Waals surface area contributed by atoms with E-state index in [9.17, 15) is 14.4 Å². The van der Waals surface area contributed by atoms with Gasteiger partial charge in [0, 0.05) is 12.1 Å². The molecule has 1 aromatic rings. The van der Waals surface area contributed by atoms with E-state index in [1.54, 1.807) is 26.0 Å². The van der Waals surface area contributed by atoms with Crippen LogP contribution in [-0.4, -0.2) is 23.3 Å². The largest absolute Gasteiger partial charge is 0.325 e. The molecule has 1 atom stereocenters. The van der Waals surface area contributed by atoms with E-state index in [1.165, 1.54) is 0 Å². The maximum Gasteiger partial charge on any atom is 0.243 e. The van der Waals surface area contributed by atoms with Crippen molar-refractivity contribution in [2.45, 2.75) is 32.2 Å². The molecule has 2 rings (SSSR count). The van der Waals surface area contributed by atoms with Gasteiger partial charge in [0.05, 0.1) is 11.5 Å². The summed E-state index contributed by atoms with van der Waals surface area (Å²) in [5.41, 5.74) is 6.35. The summed E-state index contributed by atoms with van der Waals surface area (Å²) >= 11 is 0. The van der Waals surface area contributed by atoms with Crippen LogP contribution in [0.25, 0.3) is 0 Å². The first-order chi connectivity index (χ1) is 9.75. The van der Waals surface area contributed by atoms with E-state index in [0.29, 0.717) is 12.1 Å². The lowest BCUT2D eigenvalue weighted by atomic mass is 9.98. The number of nitrogens with two attached hydrogens (primary N) is 1. The quantitative estimate of drug-likeness (QED) is 0.718. The molecule has 0 spiro atoms. The number of amides is 3. The zero-order valence-electron chi connectivity index (χ0n) is 12.5. The highest BCUT2D eigenvalue weighted by Gasteiger charge is 2.30. The third-order valence-corrected chi connectivity index (χ3v) is 3.34. The highest BCUT2D eigenvalue weighted by atomic mass is 35.5. The molecule has 7 heteroatoms. The summed E-state index contributed by atoms with van der Waals surface area (Å²) in [6, 6.07) is 7.17. The molecule has 22 heavy (non-hydrogen) atoms. The van der Waals surface area contributed by atoms with Gasteiger partial charge in [-0.2, -0.15) is 0 Å². The van der Waals surface area contributed by atoms with E-state index in [-0.39, 0.29) is 42.5 Å². The SMILES string of the molecule is CC(C)(N)C(=O)Nc1ccc(CC2CC(=O)NC2=O)cc1.Cl. The molecule has 0 bridgehead atoms. The molecule has 1 aliphatic heterocycles. The fourth-order valence-corrected chi connectivity index (χ4v) is 2.07. The molecule has 1 heterocycles. The van der Waals surface area contributed by atoms with Crippen LogP contribution >= 0.6 is 12.4 Å². The number of carbonyl (C=O) groups excluding carboxylic acids is 3. The Bertz CT molecular complexity index is 579. The molecular weight excluding hydrogens is 306 g/mol. The number of hydrogen-bond donors (Lipinski definition) is 3. The number of hydrogen-bond acceptors (Lipinski definition) is 4. The Hall–Kier alpha value is -1.92. The van der Waals surface area contributed by atoms with Gasteiger partial charge in [0.1, 0.15) is 0 Å². The van der Waals surface area contributed by atoms with Crippen molar-refractivity contribution < 1.29 is 14.4 Å². The van der Waals surface area contributed by atoms with Crippen LogP contribution in [0.1, 0.15) is 25.8 Å². The summed E-state index contributed by atoms with van der Waals surface area (Å²) in [7, 11) is 0. The summed E-state index contributed by atoms with van der Waals surface area (Å²) in [5, 5.41) is 5.01. The van der Waals surface area contributed by atoms with Crippen LogP contribution in [0.4, 0.5) is 5.69 Å². The van der Waals surface area contributed by atoms with Crippen LogP contribution in [0.2, 0.25) is 0 Å². The average molecular weight is 326 g/mol. The van der Waals surface area contributed by atoms with Crippen molar-refractivity contribution in [3.8, 4) is 0 Å². The van der Waals surface area contributed by atoms with Gasteiger partial charge in [0.2, 0.25) is 17.7 Å². The molecule has 0 aliphatic carbocycles. The van der Waals surface area contributed by atoms with Gasteiger partial charge in [0.15, 0.2) is 0 Å². The smallest absolute Gasteiger partial charge is 0.243 e. The van der Waals surface area contributed by atoms with Crippen LogP contribution in [0.5, 0.6) is 0 Å². The van der Waals surface area contributed by atoms with Gasteiger partial charge in [-0.1, -0.05) is 12.1 Å². The summed E-state index contributed by atoms with van der Waals surface area (Å²) in [4.78, 5) is 34.4. The van der Waals surface area contributed by atoms with Gasteiger partial charge in [0.25, 0.3) is 0 Å². The van der Waals surface area contributed by atoms with Crippen molar-refractivity contribution in [1.82, 2.24) is 5.32 Å². The Morgan fingerprint density at radius 2 is 1.91 bits per heavy atom. The van der Waals surface area contributed by atoms with Gasteiger partial charge >= 0.3 is 0 Å². The Morgan fingerprint density at radius 3 is 2.36 bits per heavy atom. The Balaban J connectivity index is 0.00000242. The second kappa shape index (κ2) is 6.89. The maximum atomic E-state index is 11.8. The second-order valence-corrected chi connectivity index (χ2v) is 5.89. The van der Waals surface area contributed by atoms with E-state index in [1.807, 2.05) is 12.1 Å². The summed E-state index contributed by atoms with van der Waals surface area (Å²) in [6.07, 6.45) is 0.743. The van der Waals surface area contributed by atoms with E-state index < -0.39 is 5.54 Å². The maximum absolute atomic E-state index is 11.8. The first kappa shape index (κ1) is 18.1. The van der Waals surface area contributed by atoms with Crippen molar-refractivity contribution >= 4 is 35.8 Å². The highest BCUT2D eigenvalue weighted by Crippen LogP contribution is 2.19. The van der Waals surface area contributed by atoms with Crippen molar-refractivity contribution in [1.29, 1.82) is 0 Å². The number of halogens is 1. The Morgan fingerprint density at radius 1 is 1.32 bits per heavy atom. The summed E-state index contributed by atoms with van der Waals surface area (Å²) in [5.74, 6) is -1.02. The molecule has 120 valence electrons. The van der Waals surface area contributed by atoms with Crippen LogP contribution in [0.15, 0.2) is 24.3 Å². The minimum atomic E-state index is -0.943. The molecule has 4 N–H and O–H groups in total. The summed E-state index contributed by atoms with van der Waals surface area (Å²) < 4.78 is 0. The van der Waals surface area contributed by atoms with Gasteiger partial charge in [-0.15, -0.1) is 12.4 Å². The minimum absolute atomic E-state index is 0. The lowest BCUT2D eigenvalue weighted by Gasteiger charge is -2.18. The average Bonchev–Trinajstić information content (AvgIpc) is 2.69. The number of benzene rings is 1. The second-order valence-electron chi connectivity index (χ2n) is 5.89. The number of nitrogens with one attached hydrogen (secondary N) is 2. The zero-order valence-corrected chi connectivity index (χ0v) is 13.3. The lowest BCUT2D eigenvalue weighted by Crippen LogP contribution is -2.45. The first-order valence-corrected chi connectivity index (χ1v) is 6.78. The van der Waals surface area contributed by atoms with Crippen molar-refractivity contribution in [2.24, 2.45) is 11.7 Å². The third kappa shape index (κ3) is 4.54. The molecule has 0 saturated carbocycles. The van der Waals surface area contributed by atoms with E-state index in [0.717, 1.165) is 5.56 Å². The predicted octanol–water partition coefficient (Wildman–Crippen LogP) is 0.989. The molecule has 1 aromatic carbocycles. The fourth-order valence-electron chi connectivity index (χ4n) is 2.07. The minimum Gasteiger partial charge on any atom is -0.325 e. The lowest BCUT2D eigenvalue weighted by molar-refractivity contribution is -0.126. The van der Waals surface area contributed by atoms with E-state index in [2.05, 4.69) is 10.6 Å². The number of imide groups is 1. The molecular formula is C15H20ClN3O3. The first-order valence-electron chi connectivity index (χ1n) is 6.78. The van der Waals surface area contributed by atoms with Crippen LogP contribution < -0.4 is 16.4 Å². The Kier molecular flexibility index (Phi) is 5.68. The van der Waals surface area contributed by atoms with Gasteiger partial charge < -0.3 is 11.1 Å². The number of rotatable bonds is 4. The number of anilines is 1. The van der Waals surface area contributed by atoms with Crippen LogP contribution in [0, 0.1) is 5.92 Å². The molecule has 0 radical (unpaired) electrons. The molecule has 1 fully saturated rings. The van der Waals surface area contributed by atoms with Crippen molar-refractivity contribution in [3.05, 3.63) is 29.8 Å². The molecule has 1 saturated heterocycles. The predicted molar refractivity (Wildman–Crippen MR) is 85.5 cm³/mol. The topological polar surface area (TPSA) is 101 Å². The standard InChI is InChI=1S/C15H19N3O3.ClH/c1-15(2,16)14(21)17-11-5-3-9(4-6-11)7-10-8-12(19)18-13(10)20;/h3-6,10H,7-8,16H2,1-2H3,(H,17,21)(H,18,19,20);1H. The van der Waals surface area contributed by atoms with Crippen LogP contribution in [-0.2, 0) is 20.8 Å². The monoisotopic (exact) mass is 325 g/mol. The van der Waals surface area contributed by atoms with Gasteiger partial charge in [-0.25, -0.2) is 0 Å². The van der Waals surface area contributed by atoms with E-state index >= 15 is 0 Å². The molecule has 1 aliphatic rings. The molecule has 6 nitrogen and oxygen atoms in total. The van der Waals surface area contributed by atoms with E-state index in [4.69, 9.17) is 5.73 Å². The van der Waals surface area contributed by atoms with Gasteiger partial charge in [-0.05, 0) is 38.0 Å². The number of carbonyl (C=O) groups is 3. The summed E-state index contributed by atoms with van der Waals surface area (Å²) in [6.45, 7) is 3.26. The molecule has 3 amide bonds. The molecule has 1 unspecified atom stereocenters. The molecule has 0 aromatic heterocycles. The zero-order chi connectivity index (χ0) is 15.6. The fraction of sp³-hybridized carbons (Fsp3) is 0.400. The Labute approximate surface area is 135 Å². The highest BCUT2D eigenvalue weighted by molar-refractivity contribution is 6.03. The van der Waals surface area contributed by atoms with Crippen molar-refractivity contribution in [2.75, 3.05) is 5.32 Å². The third-order valence-electron chi connectivity index (χ3n) is 3.34.